The summed E-state index contributed by atoms with van der Waals surface area (Å²) < 4.78 is 0. The lowest BCUT2D eigenvalue weighted by molar-refractivity contribution is -0.384. The molecule has 7 heteroatoms. The molecule has 0 aliphatic heterocycles. The molecule has 0 aliphatic carbocycles. The molecule has 0 radical (unpaired) electrons. The van der Waals surface area contributed by atoms with Gasteiger partial charge in [-0.05, 0) is 24.3 Å². The van der Waals surface area contributed by atoms with Gasteiger partial charge in [0.05, 0.1) is 16.1 Å². The number of hydrogen-bond acceptors (Lipinski definition) is 5. The third-order valence-electron chi connectivity index (χ3n) is 2.60. The maximum absolute atomic E-state index is 10.9. The van der Waals surface area contributed by atoms with Gasteiger partial charge in [0, 0.05) is 21.9 Å². The van der Waals surface area contributed by atoms with Gasteiger partial charge in [0.25, 0.3) is 5.69 Å². The standard InChI is InChI=1S/C14H8N2O4S/c15-8-10-6-11(16(19)20)4-5-13(10)21-12-3-1-2-9(7-12)14(17)18/h1-7H,(H,17,18). The molecule has 0 fully saturated rings. The first kappa shape index (κ1) is 14.6. The number of nitro benzene ring substituents is 1. The maximum Gasteiger partial charge on any atom is 0.335 e. The van der Waals surface area contributed by atoms with E-state index in [9.17, 15) is 14.9 Å². The molecule has 2 aromatic rings. The molecule has 2 aromatic carbocycles. The van der Waals surface area contributed by atoms with E-state index in [0.717, 1.165) is 0 Å². The van der Waals surface area contributed by atoms with Gasteiger partial charge in [0.15, 0.2) is 0 Å². The number of nitrogens with zero attached hydrogens (tertiary/aromatic N) is 2. The molecule has 0 bridgehead atoms. The fraction of sp³-hybridized carbons (Fsp3) is 0. The van der Waals surface area contributed by atoms with E-state index in [1.54, 1.807) is 12.1 Å². The summed E-state index contributed by atoms with van der Waals surface area (Å²) in [7, 11) is 0. The minimum atomic E-state index is -1.04. The summed E-state index contributed by atoms with van der Waals surface area (Å²) in [4.78, 5) is 22.2. The van der Waals surface area contributed by atoms with Gasteiger partial charge in [-0.2, -0.15) is 5.26 Å². The monoisotopic (exact) mass is 300 g/mol. The van der Waals surface area contributed by atoms with Gasteiger partial charge >= 0.3 is 5.97 Å². The number of hydrogen-bond donors (Lipinski definition) is 1. The second-order valence-corrected chi connectivity index (χ2v) is 5.10. The third-order valence-corrected chi connectivity index (χ3v) is 3.67. The Bertz CT molecular complexity index is 768. The van der Waals surface area contributed by atoms with E-state index in [1.165, 1.54) is 42.1 Å². The number of non-ortho nitro benzene ring substituents is 1. The predicted molar refractivity (Wildman–Crippen MR) is 75.3 cm³/mol. The number of benzene rings is 2. The highest BCUT2D eigenvalue weighted by atomic mass is 32.2. The first-order valence-corrected chi connectivity index (χ1v) is 6.52. The fourth-order valence-electron chi connectivity index (χ4n) is 1.63. The summed E-state index contributed by atoms with van der Waals surface area (Å²) in [5.41, 5.74) is 0.158. The highest BCUT2D eigenvalue weighted by Gasteiger charge is 2.12. The molecule has 0 saturated carbocycles. The molecule has 0 unspecified atom stereocenters. The fourth-order valence-corrected chi connectivity index (χ4v) is 2.56. The maximum atomic E-state index is 10.9. The van der Waals surface area contributed by atoms with E-state index in [2.05, 4.69) is 0 Å². The summed E-state index contributed by atoms with van der Waals surface area (Å²) in [6.07, 6.45) is 0. The molecule has 0 spiro atoms. The number of nitriles is 1. The van der Waals surface area contributed by atoms with Gasteiger partial charge in [-0.1, -0.05) is 17.8 Å². The van der Waals surface area contributed by atoms with Gasteiger partial charge in [0.1, 0.15) is 6.07 Å². The number of carboxylic acids is 1. The van der Waals surface area contributed by atoms with Gasteiger partial charge in [-0.15, -0.1) is 0 Å². The zero-order valence-electron chi connectivity index (χ0n) is 10.5. The van der Waals surface area contributed by atoms with Gasteiger partial charge < -0.3 is 5.11 Å². The number of aromatic carboxylic acids is 1. The van der Waals surface area contributed by atoms with Crippen LogP contribution in [0.1, 0.15) is 15.9 Å². The molecule has 0 atom stereocenters. The van der Waals surface area contributed by atoms with Crippen molar-refractivity contribution >= 4 is 23.4 Å². The summed E-state index contributed by atoms with van der Waals surface area (Å²) in [6, 6.07) is 12.2. The number of carboxylic acid groups (broad SMARTS) is 1. The van der Waals surface area contributed by atoms with Gasteiger partial charge in [-0.25, -0.2) is 4.79 Å². The van der Waals surface area contributed by atoms with Crippen LogP contribution in [0, 0.1) is 21.4 Å². The van der Waals surface area contributed by atoms with Gasteiger partial charge in [-0.3, -0.25) is 10.1 Å². The minimum Gasteiger partial charge on any atom is -0.478 e. The van der Waals surface area contributed by atoms with E-state index < -0.39 is 10.9 Å². The van der Waals surface area contributed by atoms with Crippen LogP contribution in [-0.4, -0.2) is 16.0 Å². The zero-order chi connectivity index (χ0) is 15.4. The van der Waals surface area contributed by atoms with Crippen LogP contribution in [0.25, 0.3) is 0 Å². The molecular weight excluding hydrogens is 292 g/mol. The van der Waals surface area contributed by atoms with Crippen LogP contribution in [0.5, 0.6) is 0 Å². The summed E-state index contributed by atoms with van der Waals surface area (Å²) in [5.74, 6) is -1.04. The second kappa shape index (κ2) is 6.07. The van der Waals surface area contributed by atoms with Crippen LogP contribution >= 0.6 is 11.8 Å². The Kier molecular flexibility index (Phi) is 4.21. The molecule has 1 N–H and O–H groups in total. The second-order valence-electron chi connectivity index (χ2n) is 3.98. The van der Waals surface area contributed by atoms with Crippen molar-refractivity contribution in [2.45, 2.75) is 9.79 Å². The summed E-state index contributed by atoms with van der Waals surface area (Å²) in [6.45, 7) is 0. The van der Waals surface area contributed by atoms with Gasteiger partial charge in [0.2, 0.25) is 0 Å². The third kappa shape index (κ3) is 3.38. The number of nitro groups is 1. The van der Waals surface area contributed by atoms with Crippen molar-refractivity contribution in [1.29, 1.82) is 5.26 Å². The average molecular weight is 300 g/mol. The number of carbonyl (C=O) groups is 1. The van der Waals surface area contributed by atoms with Crippen molar-refractivity contribution in [2.75, 3.05) is 0 Å². The first-order chi connectivity index (χ1) is 10.0. The smallest absolute Gasteiger partial charge is 0.335 e. The lowest BCUT2D eigenvalue weighted by atomic mass is 10.2. The van der Waals surface area contributed by atoms with E-state index in [-0.39, 0.29) is 16.8 Å². The lowest BCUT2D eigenvalue weighted by Crippen LogP contribution is -1.95. The summed E-state index contributed by atoms with van der Waals surface area (Å²) in [5, 5.41) is 28.7. The van der Waals surface area contributed by atoms with Crippen LogP contribution in [0.4, 0.5) is 5.69 Å². The highest BCUT2D eigenvalue weighted by Crippen LogP contribution is 2.32. The molecule has 21 heavy (non-hydrogen) atoms. The van der Waals surface area contributed by atoms with Crippen molar-refractivity contribution < 1.29 is 14.8 Å². The Morgan fingerprint density at radius 3 is 2.67 bits per heavy atom. The molecule has 0 aromatic heterocycles. The normalized spacial score (nSPS) is 9.86. The average Bonchev–Trinajstić information content (AvgIpc) is 2.47. The van der Waals surface area contributed by atoms with E-state index in [4.69, 9.17) is 10.4 Å². The molecule has 2 rings (SSSR count). The first-order valence-electron chi connectivity index (χ1n) is 5.71. The van der Waals surface area contributed by atoms with Crippen LogP contribution < -0.4 is 0 Å². The molecule has 104 valence electrons. The van der Waals surface area contributed by atoms with Crippen molar-refractivity contribution in [3.63, 3.8) is 0 Å². The van der Waals surface area contributed by atoms with Crippen LogP contribution in [-0.2, 0) is 0 Å². The van der Waals surface area contributed by atoms with Crippen molar-refractivity contribution in [3.05, 3.63) is 63.7 Å². The highest BCUT2D eigenvalue weighted by molar-refractivity contribution is 7.99. The lowest BCUT2D eigenvalue weighted by Gasteiger charge is -2.05. The molecule has 6 nitrogen and oxygen atoms in total. The minimum absolute atomic E-state index is 0.139. The number of rotatable bonds is 4. The molecule has 0 heterocycles. The van der Waals surface area contributed by atoms with Crippen molar-refractivity contribution in [1.82, 2.24) is 0 Å². The van der Waals surface area contributed by atoms with Crippen molar-refractivity contribution in [3.8, 4) is 6.07 Å². The topological polar surface area (TPSA) is 104 Å². The Morgan fingerprint density at radius 2 is 2.05 bits per heavy atom. The SMILES string of the molecule is N#Cc1cc([N+](=O)[O-])ccc1Sc1cccc(C(=O)O)c1. The largest absolute Gasteiger partial charge is 0.478 e. The van der Waals surface area contributed by atoms with E-state index in [1.807, 2.05) is 6.07 Å². The van der Waals surface area contributed by atoms with E-state index in [0.29, 0.717) is 9.79 Å². The van der Waals surface area contributed by atoms with Crippen LogP contribution in [0.3, 0.4) is 0 Å². The Morgan fingerprint density at radius 1 is 1.29 bits per heavy atom. The van der Waals surface area contributed by atoms with E-state index >= 15 is 0 Å². The Balaban J connectivity index is 2.36. The van der Waals surface area contributed by atoms with Crippen molar-refractivity contribution in [2.24, 2.45) is 0 Å². The molecular formula is C14H8N2O4S. The Hall–Kier alpha value is -2.85. The molecule has 0 saturated heterocycles. The molecule has 0 aliphatic rings. The zero-order valence-corrected chi connectivity index (χ0v) is 11.3. The molecule has 0 amide bonds. The quantitative estimate of drug-likeness (QED) is 0.686. The Labute approximate surface area is 123 Å². The summed E-state index contributed by atoms with van der Waals surface area (Å²) >= 11 is 1.18. The van der Waals surface area contributed by atoms with Crippen LogP contribution in [0.15, 0.2) is 52.3 Å². The van der Waals surface area contributed by atoms with Crippen LogP contribution in [0.2, 0.25) is 0 Å². The predicted octanol–water partition coefficient (Wildman–Crippen LogP) is 3.32.